The summed E-state index contributed by atoms with van der Waals surface area (Å²) in [6, 6.07) is 14.3. The van der Waals surface area contributed by atoms with Gasteiger partial charge in [-0.2, -0.15) is 0 Å². The third-order valence-electron chi connectivity index (χ3n) is 4.84. The van der Waals surface area contributed by atoms with Gasteiger partial charge in [0.25, 0.3) is 5.91 Å². The van der Waals surface area contributed by atoms with Crippen molar-refractivity contribution in [2.45, 2.75) is 31.8 Å². The number of benzene rings is 2. The van der Waals surface area contributed by atoms with Gasteiger partial charge in [0.15, 0.2) is 0 Å². The standard InChI is InChI=1S/C20H22N2O2.ClH/c1-24-19-5-3-2-4-16(19)13-22(17-7-8-17)20(23)15-6-9-18-14(12-15)10-11-21-18;/h2-6,9,12,17,21H,7-8,10-11,13H2,1H3;1H. The number of hydrogen-bond acceptors (Lipinski definition) is 3. The van der Waals surface area contributed by atoms with Crippen molar-refractivity contribution in [3.8, 4) is 5.75 Å². The molecule has 2 aromatic rings. The van der Waals surface area contributed by atoms with Gasteiger partial charge in [-0.3, -0.25) is 4.79 Å². The van der Waals surface area contributed by atoms with Crippen LogP contribution in [0.1, 0.15) is 34.3 Å². The summed E-state index contributed by atoms with van der Waals surface area (Å²) < 4.78 is 5.45. The molecule has 0 spiro atoms. The van der Waals surface area contributed by atoms with Crippen LogP contribution in [0.5, 0.6) is 5.75 Å². The van der Waals surface area contributed by atoms with Gasteiger partial charge in [0, 0.05) is 35.9 Å². The molecule has 0 saturated heterocycles. The van der Waals surface area contributed by atoms with Gasteiger partial charge >= 0.3 is 0 Å². The van der Waals surface area contributed by atoms with E-state index in [0.29, 0.717) is 12.6 Å². The van der Waals surface area contributed by atoms with E-state index in [2.05, 4.69) is 11.4 Å². The minimum Gasteiger partial charge on any atom is -0.496 e. The van der Waals surface area contributed by atoms with Gasteiger partial charge in [-0.15, -0.1) is 12.4 Å². The first-order valence-corrected chi connectivity index (χ1v) is 8.56. The van der Waals surface area contributed by atoms with Crippen molar-refractivity contribution in [1.82, 2.24) is 4.90 Å². The van der Waals surface area contributed by atoms with E-state index in [1.807, 2.05) is 41.3 Å². The number of anilines is 1. The number of fused-ring (bicyclic) bond motifs is 1. The van der Waals surface area contributed by atoms with Gasteiger partial charge in [0.2, 0.25) is 0 Å². The molecule has 1 heterocycles. The first-order chi connectivity index (χ1) is 11.8. The first-order valence-electron chi connectivity index (χ1n) is 8.56. The second-order valence-corrected chi connectivity index (χ2v) is 6.52. The largest absolute Gasteiger partial charge is 0.496 e. The van der Waals surface area contributed by atoms with Gasteiger partial charge in [-0.1, -0.05) is 18.2 Å². The summed E-state index contributed by atoms with van der Waals surface area (Å²) in [6.45, 7) is 1.56. The topological polar surface area (TPSA) is 41.6 Å². The van der Waals surface area contributed by atoms with Crippen molar-refractivity contribution >= 4 is 24.0 Å². The van der Waals surface area contributed by atoms with Crippen LogP contribution in [-0.2, 0) is 13.0 Å². The Morgan fingerprint density at radius 3 is 2.80 bits per heavy atom. The average molecular weight is 359 g/mol. The molecule has 1 aliphatic heterocycles. The molecule has 5 heteroatoms. The van der Waals surface area contributed by atoms with Crippen LogP contribution in [0.15, 0.2) is 42.5 Å². The number of hydrogen-bond donors (Lipinski definition) is 1. The van der Waals surface area contributed by atoms with Gasteiger partial charge in [0.05, 0.1) is 7.11 Å². The van der Waals surface area contributed by atoms with Crippen LogP contribution in [-0.4, -0.2) is 30.5 Å². The number of carbonyl (C=O) groups excluding carboxylic acids is 1. The van der Waals surface area contributed by atoms with Crippen LogP contribution in [0.25, 0.3) is 0 Å². The minimum absolute atomic E-state index is 0. The molecule has 1 aliphatic carbocycles. The van der Waals surface area contributed by atoms with Crippen LogP contribution in [0.2, 0.25) is 0 Å². The number of halogens is 1. The molecule has 1 amide bonds. The Morgan fingerprint density at radius 1 is 1.24 bits per heavy atom. The third kappa shape index (κ3) is 3.59. The molecule has 4 nitrogen and oxygen atoms in total. The van der Waals surface area contributed by atoms with Gasteiger partial charge in [-0.25, -0.2) is 0 Å². The smallest absolute Gasteiger partial charge is 0.254 e. The maximum atomic E-state index is 13.1. The first kappa shape index (κ1) is 17.6. The van der Waals surface area contributed by atoms with Crippen molar-refractivity contribution in [1.29, 1.82) is 0 Å². The van der Waals surface area contributed by atoms with Crippen LogP contribution in [0.3, 0.4) is 0 Å². The lowest BCUT2D eigenvalue weighted by molar-refractivity contribution is 0.0728. The van der Waals surface area contributed by atoms with Gasteiger partial charge in [0.1, 0.15) is 5.75 Å². The average Bonchev–Trinajstić information content (AvgIpc) is 3.35. The second-order valence-electron chi connectivity index (χ2n) is 6.52. The lowest BCUT2D eigenvalue weighted by Gasteiger charge is -2.24. The maximum absolute atomic E-state index is 13.1. The number of methoxy groups -OCH3 is 1. The lowest BCUT2D eigenvalue weighted by Crippen LogP contribution is -2.32. The highest BCUT2D eigenvalue weighted by atomic mass is 35.5. The summed E-state index contributed by atoms with van der Waals surface area (Å²) in [5, 5.41) is 3.34. The highest BCUT2D eigenvalue weighted by Gasteiger charge is 2.33. The number of para-hydroxylation sites is 1. The van der Waals surface area contributed by atoms with Crippen LogP contribution >= 0.6 is 12.4 Å². The molecule has 0 aromatic heterocycles. The monoisotopic (exact) mass is 358 g/mol. The Hall–Kier alpha value is -2.20. The molecule has 0 bridgehead atoms. The third-order valence-corrected chi connectivity index (χ3v) is 4.84. The maximum Gasteiger partial charge on any atom is 0.254 e. The minimum atomic E-state index is 0. The van der Waals surface area contributed by atoms with Crippen molar-refractivity contribution in [2.24, 2.45) is 0 Å². The van der Waals surface area contributed by atoms with E-state index in [1.165, 1.54) is 5.56 Å². The number of nitrogens with one attached hydrogen (secondary N) is 1. The number of nitrogens with zero attached hydrogens (tertiary/aromatic N) is 1. The van der Waals surface area contributed by atoms with Crippen molar-refractivity contribution in [3.05, 3.63) is 59.2 Å². The van der Waals surface area contributed by atoms with E-state index in [0.717, 1.165) is 48.4 Å². The molecular weight excluding hydrogens is 336 g/mol. The number of ether oxygens (including phenoxy) is 1. The fraction of sp³-hybridized carbons (Fsp3) is 0.350. The summed E-state index contributed by atoms with van der Waals surface area (Å²) in [6.07, 6.45) is 3.17. The Balaban J connectivity index is 0.00000182. The molecule has 0 radical (unpaired) electrons. The highest BCUT2D eigenvalue weighted by molar-refractivity contribution is 5.95. The Morgan fingerprint density at radius 2 is 2.04 bits per heavy atom. The molecule has 1 fully saturated rings. The Bertz CT molecular complexity index is 774. The quantitative estimate of drug-likeness (QED) is 0.881. The fourth-order valence-corrected chi connectivity index (χ4v) is 3.37. The summed E-state index contributed by atoms with van der Waals surface area (Å²) in [5.41, 5.74) is 4.26. The Labute approximate surface area is 154 Å². The summed E-state index contributed by atoms with van der Waals surface area (Å²) >= 11 is 0. The van der Waals surface area contributed by atoms with E-state index in [4.69, 9.17) is 4.74 Å². The number of amides is 1. The van der Waals surface area contributed by atoms with E-state index in [-0.39, 0.29) is 18.3 Å². The molecular formula is C20H23ClN2O2. The van der Waals surface area contributed by atoms with Crippen LogP contribution in [0, 0.1) is 0 Å². The lowest BCUT2D eigenvalue weighted by atomic mass is 10.1. The number of rotatable bonds is 5. The SMILES string of the molecule is COc1ccccc1CN(C(=O)c1ccc2c(c1)CCN2)C1CC1.Cl. The normalized spacial score (nSPS) is 14.9. The molecule has 0 unspecified atom stereocenters. The molecule has 4 rings (SSSR count). The van der Waals surface area contributed by atoms with Gasteiger partial charge in [-0.05, 0) is 49.1 Å². The van der Waals surface area contributed by atoms with Crippen LogP contribution in [0.4, 0.5) is 5.69 Å². The van der Waals surface area contributed by atoms with Crippen molar-refractivity contribution in [2.75, 3.05) is 19.0 Å². The predicted octanol–water partition coefficient (Wildman–Crippen LogP) is 3.89. The molecule has 0 atom stereocenters. The molecule has 2 aromatic carbocycles. The molecule has 25 heavy (non-hydrogen) atoms. The zero-order valence-corrected chi connectivity index (χ0v) is 15.1. The Kier molecular flexibility index (Phi) is 5.19. The molecule has 132 valence electrons. The zero-order valence-electron chi connectivity index (χ0n) is 14.3. The predicted molar refractivity (Wildman–Crippen MR) is 102 cm³/mol. The molecule has 1 N–H and O–H groups in total. The van der Waals surface area contributed by atoms with Crippen molar-refractivity contribution in [3.63, 3.8) is 0 Å². The second kappa shape index (κ2) is 7.36. The molecule has 2 aliphatic rings. The summed E-state index contributed by atoms with van der Waals surface area (Å²) in [4.78, 5) is 15.1. The zero-order chi connectivity index (χ0) is 16.5. The van der Waals surface area contributed by atoms with Gasteiger partial charge < -0.3 is 15.0 Å². The van der Waals surface area contributed by atoms with E-state index in [1.54, 1.807) is 7.11 Å². The van der Waals surface area contributed by atoms with Crippen LogP contribution < -0.4 is 10.1 Å². The van der Waals surface area contributed by atoms with E-state index >= 15 is 0 Å². The van der Waals surface area contributed by atoms with E-state index < -0.39 is 0 Å². The molecule has 1 saturated carbocycles. The summed E-state index contributed by atoms with van der Waals surface area (Å²) in [7, 11) is 1.68. The highest BCUT2D eigenvalue weighted by Crippen LogP contribution is 2.32. The number of carbonyl (C=O) groups is 1. The fourth-order valence-electron chi connectivity index (χ4n) is 3.37. The summed E-state index contributed by atoms with van der Waals surface area (Å²) in [5.74, 6) is 0.965. The van der Waals surface area contributed by atoms with E-state index in [9.17, 15) is 4.79 Å². The van der Waals surface area contributed by atoms with Crippen molar-refractivity contribution < 1.29 is 9.53 Å².